The number of benzene rings is 8. The molecule has 0 spiro atoms. The summed E-state index contributed by atoms with van der Waals surface area (Å²) in [6.07, 6.45) is 0. The first kappa shape index (κ1) is 26.8. The third kappa shape index (κ3) is 4.06. The van der Waals surface area contributed by atoms with Gasteiger partial charge in [-0.3, -0.25) is 0 Å². The molecule has 0 aliphatic heterocycles. The van der Waals surface area contributed by atoms with Crippen LogP contribution in [0.3, 0.4) is 0 Å². The van der Waals surface area contributed by atoms with E-state index in [0.717, 1.165) is 55.4 Å². The van der Waals surface area contributed by atoms with Gasteiger partial charge in [-0.05, 0) is 61.5 Å². The second kappa shape index (κ2) is 10.6. The molecule has 0 radical (unpaired) electrons. The molecule has 8 aromatic carbocycles. The van der Waals surface area contributed by atoms with Gasteiger partial charge in [0.05, 0.1) is 0 Å². The Kier molecular flexibility index (Phi) is 5.91. The minimum absolute atomic E-state index is 0.813. The lowest BCUT2D eigenvalue weighted by Crippen LogP contribution is -1.90. The summed E-state index contributed by atoms with van der Waals surface area (Å²) >= 11 is 0. The van der Waals surface area contributed by atoms with Crippen LogP contribution in [0.5, 0.6) is 0 Å². The Balaban J connectivity index is 1.20. The summed E-state index contributed by atoms with van der Waals surface area (Å²) in [6, 6.07) is 60.3. The lowest BCUT2D eigenvalue weighted by molar-refractivity contribution is 0.629. The minimum atomic E-state index is 0.813. The maximum absolute atomic E-state index is 6.67. The zero-order valence-electron chi connectivity index (χ0n) is 26.0. The molecular weight excluding hydrogens is 585 g/mol. The van der Waals surface area contributed by atoms with Gasteiger partial charge < -0.3 is 8.83 Å². The van der Waals surface area contributed by atoms with Gasteiger partial charge >= 0.3 is 0 Å². The van der Waals surface area contributed by atoms with Crippen molar-refractivity contribution in [1.29, 1.82) is 0 Å². The Morgan fingerprint density at radius 2 is 0.688 bits per heavy atom. The van der Waals surface area contributed by atoms with Gasteiger partial charge in [0.15, 0.2) is 0 Å². The van der Waals surface area contributed by atoms with Crippen LogP contribution in [-0.2, 0) is 0 Å². The lowest BCUT2D eigenvalue weighted by atomic mass is 9.85. The van der Waals surface area contributed by atoms with Crippen molar-refractivity contribution >= 4 is 54.5 Å². The summed E-state index contributed by atoms with van der Waals surface area (Å²) in [4.78, 5) is 0. The van der Waals surface area contributed by atoms with E-state index in [-0.39, 0.29) is 0 Å². The van der Waals surface area contributed by atoms with Gasteiger partial charge in [-0.1, -0.05) is 152 Å². The maximum atomic E-state index is 6.67. The molecular formula is C46H28O2. The van der Waals surface area contributed by atoms with E-state index in [9.17, 15) is 0 Å². The van der Waals surface area contributed by atoms with Crippen LogP contribution < -0.4 is 0 Å². The van der Waals surface area contributed by atoms with Gasteiger partial charge in [-0.15, -0.1) is 0 Å². The smallest absolute Gasteiger partial charge is 0.143 e. The van der Waals surface area contributed by atoms with Crippen LogP contribution in [0.2, 0.25) is 0 Å². The van der Waals surface area contributed by atoms with Gasteiger partial charge in [0.2, 0.25) is 0 Å². The Hall–Kier alpha value is -6.38. The monoisotopic (exact) mass is 612 g/mol. The van der Waals surface area contributed by atoms with Crippen LogP contribution in [0.1, 0.15) is 0 Å². The molecule has 0 fully saturated rings. The molecule has 0 unspecified atom stereocenters. The van der Waals surface area contributed by atoms with Crippen molar-refractivity contribution in [2.45, 2.75) is 0 Å². The molecule has 0 N–H and O–H groups in total. The summed E-state index contributed by atoms with van der Waals surface area (Å²) in [5.74, 6) is 0.860. The highest BCUT2D eigenvalue weighted by atomic mass is 16.3. The molecule has 0 bridgehead atoms. The van der Waals surface area contributed by atoms with Crippen molar-refractivity contribution in [3.63, 3.8) is 0 Å². The molecule has 0 saturated carbocycles. The molecule has 2 aromatic heterocycles. The van der Waals surface area contributed by atoms with Crippen LogP contribution in [-0.4, -0.2) is 0 Å². The van der Waals surface area contributed by atoms with E-state index >= 15 is 0 Å². The number of rotatable bonds is 4. The minimum Gasteiger partial charge on any atom is -0.456 e. The molecule has 224 valence electrons. The van der Waals surface area contributed by atoms with Crippen LogP contribution in [0, 0.1) is 0 Å². The molecule has 0 atom stereocenters. The van der Waals surface area contributed by atoms with Gasteiger partial charge in [0.1, 0.15) is 22.5 Å². The van der Waals surface area contributed by atoms with Crippen molar-refractivity contribution in [1.82, 2.24) is 0 Å². The van der Waals surface area contributed by atoms with E-state index in [2.05, 4.69) is 146 Å². The zero-order chi connectivity index (χ0) is 31.6. The topological polar surface area (TPSA) is 26.3 Å². The summed E-state index contributed by atoms with van der Waals surface area (Å²) < 4.78 is 12.9. The molecule has 0 aliphatic carbocycles. The molecule has 2 heteroatoms. The maximum Gasteiger partial charge on any atom is 0.143 e. The second-order valence-electron chi connectivity index (χ2n) is 12.4. The van der Waals surface area contributed by atoms with Crippen molar-refractivity contribution in [3.8, 4) is 44.7 Å². The normalized spacial score (nSPS) is 11.8. The molecule has 0 saturated heterocycles. The fourth-order valence-corrected chi connectivity index (χ4v) is 7.55. The van der Waals surface area contributed by atoms with Crippen molar-refractivity contribution < 1.29 is 8.83 Å². The second-order valence-corrected chi connectivity index (χ2v) is 12.4. The largest absolute Gasteiger partial charge is 0.456 e. The molecule has 0 aliphatic rings. The summed E-state index contributed by atoms with van der Waals surface area (Å²) in [5, 5.41) is 8.27. The van der Waals surface area contributed by atoms with E-state index in [1.807, 2.05) is 24.3 Å². The third-order valence-electron chi connectivity index (χ3n) is 9.68. The van der Waals surface area contributed by atoms with E-state index in [1.165, 1.54) is 43.8 Å². The number of hydrogen-bond acceptors (Lipinski definition) is 2. The highest BCUT2D eigenvalue weighted by Crippen LogP contribution is 2.46. The Morgan fingerprint density at radius 1 is 0.250 bits per heavy atom. The lowest BCUT2D eigenvalue weighted by Gasteiger charge is -2.18. The van der Waals surface area contributed by atoms with Gasteiger partial charge in [-0.25, -0.2) is 0 Å². The fourth-order valence-electron chi connectivity index (χ4n) is 7.55. The average molecular weight is 613 g/mol. The van der Waals surface area contributed by atoms with E-state index in [0.29, 0.717) is 0 Å². The van der Waals surface area contributed by atoms with Crippen LogP contribution in [0.15, 0.2) is 179 Å². The fraction of sp³-hybridized carbons (Fsp3) is 0. The predicted molar refractivity (Wildman–Crippen MR) is 200 cm³/mol. The summed E-state index contributed by atoms with van der Waals surface area (Å²) in [5.41, 5.74) is 10.7. The Bertz CT molecular complexity index is 2750. The van der Waals surface area contributed by atoms with Crippen LogP contribution >= 0.6 is 0 Å². The first-order chi connectivity index (χ1) is 23.8. The van der Waals surface area contributed by atoms with Crippen LogP contribution in [0.25, 0.3) is 99.2 Å². The van der Waals surface area contributed by atoms with E-state index < -0.39 is 0 Å². The molecule has 0 amide bonds. The van der Waals surface area contributed by atoms with Crippen molar-refractivity contribution in [2.75, 3.05) is 0 Å². The zero-order valence-corrected chi connectivity index (χ0v) is 26.0. The Labute approximate surface area is 277 Å². The van der Waals surface area contributed by atoms with Gasteiger partial charge in [0.25, 0.3) is 0 Å². The third-order valence-corrected chi connectivity index (χ3v) is 9.68. The van der Waals surface area contributed by atoms with Gasteiger partial charge in [0, 0.05) is 33.4 Å². The highest BCUT2D eigenvalue weighted by Gasteiger charge is 2.21. The predicted octanol–water partition coefficient (Wildman–Crippen LogP) is 13.3. The molecule has 10 rings (SSSR count). The Morgan fingerprint density at radius 3 is 1.27 bits per heavy atom. The SMILES string of the molecule is c1ccc(-c2oc3cc4oc5ccccc5c4cc3c2-c2ccc(-c3c4ccccc4c(-c4ccccc4)c4ccccc34)cc2)cc1. The number of fused-ring (bicyclic) bond motifs is 6. The van der Waals surface area contributed by atoms with E-state index in [1.54, 1.807) is 0 Å². The van der Waals surface area contributed by atoms with Gasteiger partial charge in [-0.2, -0.15) is 0 Å². The van der Waals surface area contributed by atoms with Crippen molar-refractivity contribution in [3.05, 3.63) is 170 Å². The van der Waals surface area contributed by atoms with Crippen molar-refractivity contribution in [2.24, 2.45) is 0 Å². The molecule has 2 heterocycles. The first-order valence-corrected chi connectivity index (χ1v) is 16.3. The summed E-state index contributed by atoms with van der Waals surface area (Å²) in [6.45, 7) is 0. The number of para-hydroxylation sites is 1. The highest BCUT2D eigenvalue weighted by molar-refractivity contribution is 6.21. The number of hydrogen-bond donors (Lipinski definition) is 0. The first-order valence-electron chi connectivity index (χ1n) is 16.3. The standard InChI is InChI=1S/C46H28O2/c1-3-13-29(14-4-1)43-34-18-7-9-20-36(34)44(37-21-10-8-19-35(37)43)30-23-25-31(26-24-30)45-39-27-38-33-17-11-12-22-40(33)47-41(38)28-42(39)48-46(45)32-15-5-2-6-16-32/h1-28H. The quantitative estimate of drug-likeness (QED) is 0.185. The number of furan rings is 2. The molecule has 2 nitrogen and oxygen atoms in total. The van der Waals surface area contributed by atoms with E-state index in [4.69, 9.17) is 8.83 Å². The van der Waals surface area contributed by atoms with Crippen LogP contribution in [0.4, 0.5) is 0 Å². The summed E-state index contributed by atoms with van der Waals surface area (Å²) in [7, 11) is 0. The molecule has 10 aromatic rings. The average Bonchev–Trinajstić information content (AvgIpc) is 3.71. The molecule has 48 heavy (non-hydrogen) atoms.